The van der Waals surface area contributed by atoms with E-state index in [1.165, 1.54) is 4.42 Å². The quantitative estimate of drug-likeness (QED) is 0.667. The van der Waals surface area contributed by atoms with Crippen LogP contribution in [0.15, 0.2) is 30.3 Å². The van der Waals surface area contributed by atoms with E-state index in [0.717, 1.165) is 31.5 Å². The molecule has 1 aromatic rings. The minimum atomic E-state index is 0.0937. The van der Waals surface area contributed by atoms with E-state index in [1.807, 2.05) is 35.2 Å². The highest BCUT2D eigenvalue weighted by Crippen LogP contribution is 2.23. The summed E-state index contributed by atoms with van der Waals surface area (Å²) in [5.74, 6) is 0. The molecule has 1 fully saturated rings. The van der Waals surface area contributed by atoms with Gasteiger partial charge in [0.05, 0.1) is 18.3 Å². The molecule has 0 spiro atoms. The maximum absolute atomic E-state index is 9.40. The maximum atomic E-state index is 9.40. The zero-order chi connectivity index (χ0) is 13.0. The largest absolute Gasteiger partial charge is 0.394 e. The first-order valence-corrected chi connectivity index (χ1v) is 6.91. The van der Waals surface area contributed by atoms with Gasteiger partial charge in [-0.1, -0.05) is 18.2 Å². The first-order valence-electron chi connectivity index (χ1n) is 6.16. The number of halogens is 1. The molecule has 0 bridgehead atoms. The van der Waals surface area contributed by atoms with Crippen molar-refractivity contribution in [3.63, 3.8) is 0 Å². The Hall–Kier alpha value is -0.840. The molecule has 1 saturated heterocycles. The van der Waals surface area contributed by atoms with Gasteiger partial charge in [-0.3, -0.25) is 0 Å². The lowest BCUT2D eigenvalue weighted by atomic mass is 10.0. The predicted octanol–water partition coefficient (Wildman–Crippen LogP) is 2.78. The monoisotopic (exact) mass is 284 g/mol. The van der Waals surface area contributed by atoms with E-state index in [9.17, 15) is 5.11 Å². The second-order valence-corrected chi connectivity index (χ2v) is 5.13. The summed E-state index contributed by atoms with van der Waals surface area (Å²) in [5, 5.41) is 9.97. The van der Waals surface area contributed by atoms with Gasteiger partial charge in [0.15, 0.2) is 5.11 Å². The number of rotatable bonds is 2. The number of para-hydroxylation sites is 1. The van der Waals surface area contributed by atoms with Crippen molar-refractivity contribution in [1.29, 1.82) is 0 Å². The van der Waals surface area contributed by atoms with Crippen LogP contribution in [-0.4, -0.2) is 34.3 Å². The van der Waals surface area contributed by atoms with Crippen LogP contribution in [0.1, 0.15) is 19.3 Å². The topological polar surface area (TPSA) is 26.7 Å². The molecule has 1 aliphatic rings. The number of piperidine rings is 1. The van der Waals surface area contributed by atoms with E-state index in [2.05, 4.69) is 0 Å². The Morgan fingerprint density at radius 1 is 1.39 bits per heavy atom. The summed E-state index contributed by atoms with van der Waals surface area (Å²) in [5.41, 5.74) is 0.853. The number of hydrogen-bond acceptors (Lipinski definition) is 2. The second kappa shape index (κ2) is 6.36. The van der Waals surface area contributed by atoms with E-state index in [4.69, 9.17) is 24.0 Å². The Kier molecular flexibility index (Phi) is 4.80. The molecule has 2 rings (SSSR count). The Morgan fingerprint density at radius 2 is 2.11 bits per heavy atom. The van der Waals surface area contributed by atoms with Crippen LogP contribution in [0.3, 0.4) is 0 Å². The van der Waals surface area contributed by atoms with Crippen LogP contribution >= 0.6 is 24.0 Å². The zero-order valence-electron chi connectivity index (χ0n) is 10.1. The van der Waals surface area contributed by atoms with Gasteiger partial charge in [0, 0.05) is 18.3 Å². The van der Waals surface area contributed by atoms with Crippen molar-refractivity contribution in [3.8, 4) is 0 Å². The number of likely N-dealkylation sites (tertiary alicyclic amines) is 1. The highest BCUT2D eigenvalue weighted by atomic mass is 35.5. The van der Waals surface area contributed by atoms with E-state index < -0.39 is 0 Å². The van der Waals surface area contributed by atoms with Gasteiger partial charge < -0.3 is 10.0 Å². The summed E-state index contributed by atoms with van der Waals surface area (Å²) in [6, 6.07) is 9.71. The Bertz CT molecular complexity index is 401. The molecule has 5 heteroatoms. The van der Waals surface area contributed by atoms with Gasteiger partial charge in [-0.05, 0) is 43.6 Å². The molecule has 1 N–H and O–H groups in total. The van der Waals surface area contributed by atoms with Crippen molar-refractivity contribution in [1.82, 2.24) is 4.90 Å². The van der Waals surface area contributed by atoms with E-state index in [1.54, 1.807) is 0 Å². The van der Waals surface area contributed by atoms with Gasteiger partial charge in [0.2, 0.25) is 0 Å². The fourth-order valence-corrected chi connectivity index (χ4v) is 2.78. The van der Waals surface area contributed by atoms with Gasteiger partial charge in [0.1, 0.15) is 0 Å². The number of hydrogen-bond donors (Lipinski definition) is 1. The van der Waals surface area contributed by atoms with Crippen LogP contribution < -0.4 is 4.42 Å². The third-order valence-electron chi connectivity index (χ3n) is 3.23. The summed E-state index contributed by atoms with van der Waals surface area (Å²) >= 11 is 11.7. The van der Waals surface area contributed by atoms with Crippen molar-refractivity contribution < 1.29 is 5.11 Å². The van der Waals surface area contributed by atoms with Crippen LogP contribution in [0.5, 0.6) is 0 Å². The second-order valence-electron chi connectivity index (χ2n) is 4.42. The molecular weight excluding hydrogens is 268 g/mol. The summed E-state index contributed by atoms with van der Waals surface area (Å²) < 4.78 is 1.49. The van der Waals surface area contributed by atoms with Crippen molar-refractivity contribution in [2.24, 2.45) is 0 Å². The van der Waals surface area contributed by atoms with Crippen LogP contribution in [0.2, 0.25) is 0 Å². The van der Waals surface area contributed by atoms with Crippen LogP contribution in [0, 0.1) is 0 Å². The number of benzene rings is 1. The summed E-state index contributed by atoms with van der Waals surface area (Å²) in [7, 11) is 0. The average Bonchev–Trinajstić information content (AvgIpc) is 2.46. The molecule has 18 heavy (non-hydrogen) atoms. The Labute approximate surface area is 118 Å². The molecule has 0 saturated carbocycles. The molecule has 1 aliphatic heterocycles. The smallest absolute Gasteiger partial charge is 0.191 e. The van der Waals surface area contributed by atoms with E-state index >= 15 is 0 Å². The van der Waals surface area contributed by atoms with E-state index in [-0.39, 0.29) is 12.6 Å². The van der Waals surface area contributed by atoms with Crippen molar-refractivity contribution in [2.45, 2.75) is 25.3 Å². The van der Waals surface area contributed by atoms with Gasteiger partial charge in [0.25, 0.3) is 0 Å². The number of anilines is 1. The molecular formula is C13H17ClN2OS. The lowest BCUT2D eigenvalue weighted by molar-refractivity contribution is 0.148. The van der Waals surface area contributed by atoms with Crippen LogP contribution in [0.25, 0.3) is 0 Å². The number of aliphatic hydroxyl groups excluding tert-OH is 1. The zero-order valence-corrected chi connectivity index (χ0v) is 11.7. The summed E-state index contributed by atoms with van der Waals surface area (Å²) in [6.07, 6.45) is 3.20. The SMILES string of the molecule is OCC1CCCCN1C(=S)N(Cl)c1ccccc1. The standard InChI is InChI=1S/C13H17ClN2OS/c14-16(11-6-2-1-3-7-11)13(18)15-9-5-4-8-12(15)10-17/h1-3,6-7,12,17H,4-5,8-10H2. The van der Waals surface area contributed by atoms with Crippen LogP contribution in [-0.2, 0) is 0 Å². The molecule has 0 radical (unpaired) electrons. The number of thiocarbonyl (C=S) groups is 1. The Morgan fingerprint density at radius 3 is 2.78 bits per heavy atom. The number of aliphatic hydroxyl groups is 1. The van der Waals surface area contributed by atoms with Gasteiger partial charge in [-0.25, -0.2) is 4.42 Å². The van der Waals surface area contributed by atoms with Crippen molar-refractivity contribution >= 4 is 34.8 Å². The van der Waals surface area contributed by atoms with Gasteiger partial charge >= 0.3 is 0 Å². The third-order valence-corrected chi connectivity index (χ3v) is 4.11. The summed E-state index contributed by atoms with van der Waals surface area (Å²) in [4.78, 5) is 2.03. The lowest BCUT2D eigenvalue weighted by Gasteiger charge is -2.38. The molecule has 98 valence electrons. The minimum Gasteiger partial charge on any atom is -0.394 e. The number of nitrogens with zero attached hydrogens (tertiary/aromatic N) is 2. The molecule has 1 unspecified atom stereocenters. The van der Waals surface area contributed by atoms with Crippen molar-refractivity contribution in [2.75, 3.05) is 17.6 Å². The lowest BCUT2D eigenvalue weighted by Crippen LogP contribution is -2.49. The highest BCUT2D eigenvalue weighted by molar-refractivity contribution is 7.80. The molecule has 0 amide bonds. The first kappa shape index (κ1) is 13.6. The molecule has 1 aromatic carbocycles. The molecule has 3 nitrogen and oxygen atoms in total. The van der Waals surface area contributed by atoms with Crippen LogP contribution in [0.4, 0.5) is 5.69 Å². The third kappa shape index (κ3) is 2.94. The van der Waals surface area contributed by atoms with Crippen molar-refractivity contribution in [3.05, 3.63) is 30.3 Å². The molecule has 0 aromatic heterocycles. The fourth-order valence-electron chi connectivity index (χ4n) is 2.22. The normalized spacial score (nSPS) is 19.7. The van der Waals surface area contributed by atoms with Gasteiger partial charge in [-0.15, -0.1) is 0 Å². The first-order chi connectivity index (χ1) is 8.74. The maximum Gasteiger partial charge on any atom is 0.191 e. The summed E-state index contributed by atoms with van der Waals surface area (Å²) in [6.45, 7) is 0.986. The van der Waals surface area contributed by atoms with E-state index in [0.29, 0.717) is 5.11 Å². The highest BCUT2D eigenvalue weighted by Gasteiger charge is 2.26. The Balaban J connectivity index is 2.10. The molecule has 0 aliphatic carbocycles. The molecule has 1 heterocycles. The average molecular weight is 285 g/mol. The molecule has 1 atom stereocenters. The minimum absolute atomic E-state index is 0.0937. The fraction of sp³-hybridized carbons (Fsp3) is 0.462. The van der Waals surface area contributed by atoms with Gasteiger partial charge in [-0.2, -0.15) is 0 Å². The predicted molar refractivity (Wildman–Crippen MR) is 78.8 cm³/mol.